The van der Waals surface area contributed by atoms with Gasteiger partial charge in [-0.1, -0.05) is 36.0 Å². The first-order valence-corrected chi connectivity index (χ1v) is 8.09. The van der Waals surface area contributed by atoms with E-state index < -0.39 is 0 Å². The van der Waals surface area contributed by atoms with E-state index in [1.54, 1.807) is 6.07 Å². The zero-order chi connectivity index (χ0) is 14.8. The number of benzene rings is 1. The normalized spacial score (nSPS) is 26.5. The molecule has 0 amide bonds. The van der Waals surface area contributed by atoms with E-state index in [-0.39, 0.29) is 5.84 Å². The van der Waals surface area contributed by atoms with Crippen LogP contribution in [-0.4, -0.2) is 24.1 Å². The van der Waals surface area contributed by atoms with Crippen LogP contribution in [0, 0.1) is 11.8 Å². The minimum Gasteiger partial charge on any atom is -0.409 e. The number of halogens is 1. The van der Waals surface area contributed by atoms with Gasteiger partial charge in [0.2, 0.25) is 0 Å². The topological polar surface area (TPSA) is 61.9 Å². The molecule has 1 saturated heterocycles. The Kier molecular flexibility index (Phi) is 4.24. The fourth-order valence-corrected chi connectivity index (χ4v) is 4.10. The number of piperidine rings is 1. The van der Waals surface area contributed by atoms with Gasteiger partial charge < -0.3 is 15.8 Å². The standard InChI is InChI=1S/C16H22ClN3O/c17-14-9-12(16(18)19-21)5-6-15(14)20-8-7-11-3-1-2-4-13(11)10-20/h5-6,9,11,13,21H,1-4,7-8,10H2,(H2,18,19). The van der Waals surface area contributed by atoms with Crippen molar-refractivity contribution in [3.63, 3.8) is 0 Å². The van der Waals surface area contributed by atoms with E-state index in [0.717, 1.165) is 30.6 Å². The van der Waals surface area contributed by atoms with E-state index in [0.29, 0.717) is 10.6 Å². The molecule has 3 N–H and O–H groups in total. The second-order valence-corrected chi connectivity index (χ2v) is 6.60. The molecule has 2 fully saturated rings. The molecular weight excluding hydrogens is 286 g/mol. The number of hydrogen-bond acceptors (Lipinski definition) is 3. The van der Waals surface area contributed by atoms with Crippen molar-refractivity contribution in [3.8, 4) is 0 Å². The molecule has 1 aliphatic carbocycles. The molecule has 3 rings (SSSR count). The van der Waals surface area contributed by atoms with Gasteiger partial charge in [0.05, 0.1) is 10.7 Å². The lowest BCUT2D eigenvalue weighted by Gasteiger charge is -2.42. The first-order valence-electron chi connectivity index (χ1n) is 7.71. The number of anilines is 1. The molecule has 2 unspecified atom stereocenters. The smallest absolute Gasteiger partial charge is 0.170 e. The van der Waals surface area contributed by atoms with Crippen LogP contribution in [0.5, 0.6) is 0 Å². The SMILES string of the molecule is NC(=NO)c1ccc(N2CCC3CCCCC3C2)c(Cl)c1. The number of nitrogens with two attached hydrogens (primary N) is 1. The van der Waals surface area contributed by atoms with Gasteiger partial charge >= 0.3 is 0 Å². The maximum absolute atomic E-state index is 8.74. The summed E-state index contributed by atoms with van der Waals surface area (Å²) in [5.74, 6) is 1.81. The highest BCUT2D eigenvalue weighted by molar-refractivity contribution is 6.33. The Hall–Kier alpha value is -1.42. The van der Waals surface area contributed by atoms with Crippen molar-refractivity contribution in [3.05, 3.63) is 28.8 Å². The summed E-state index contributed by atoms with van der Waals surface area (Å²) in [4.78, 5) is 2.39. The number of amidine groups is 1. The molecule has 114 valence electrons. The molecular formula is C16H22ClN3O. The lowest BCUT2D eigenvalue weighted by molar-refractivity contribution is 0.202. The molecule has 1 aromatic rings. The Labute approximate surface area is 130 Å². The molecule has 1 saturated carbocycles. The van der Waals surface area contributed by atoms with Gasteiger partial charge in [0.25, 0.3) is 0 Å². The molecule has 4 nitrogen and oxygen atoms in total. The molecule has 1 aromatic carbocycles. The number of rotatable bonds is 2. The van der Waals surface area contributed by atoms with E-state index in [1.807, 2.05) is 12.1 Å². The lowest BCUT2D eigenvalue weighted by Crippen LogP contribution is -2.42. The van der Waals surface area contributed by atoms with E-state index in [9.17, 15) is 0 Å². The van der Waals surface area contributed by atoms with E-state index in [4.69, 9.17) is 22.5 Å². The van der Waals surface area contributed by atoms with Crippen LogP contribution >= 0.6 is 11.6 Å². The number of hydrogen-bond donors (Lipinski definition) is 2. The molecule has 0 radical (unpaired) electrons. The van der Waals surface area contributed by atoms with Crippen LogP contribution in [-0.2, 0) is 0 Å². The quantitative estimate of drug-likeness (QED) is 0.381. The molecule has 1 aliphatic heterocycles. The zero-order valence-electron chi connectivity index (χ0n) is 12.1. The summed E-state index contributed by atoms with van der Waals surface area (Å²) >= 11 is 6.41. The van der Waals surface area contributed by atoms with Crippen molar-refractivity contribution < 1.29 is 5.21 Å². The highest BCUT2D eigenvalue weighted by Gasteiger charge is 2.31. The molecule has 1 heterocycles. The first kappa shape index (κ1) is 14.5. The highest BCUT2D eigenvalue weighted by atomic mass is 35.5. The summed E-state index contributed by atoms with van der Waals surface area (Å²) in [6.07, 6.45) is 6.78. The van der Waals surface area contributed by atoms with Gasteiger partial charge in [0, 0.05) is 18.7 Å². The Bertz CT molecular complexity index is 546. The molecule has 0 bridgehead atoms. The summed E-state index contributed by atoms with van der Waals surface area (Å²) in [7, 11) is 0. The maximum Gasteiger partial charge on any atom is 0.170 e. The number of oxime groups is 1. The zero-order valence-corrected chi connectivity index (χ0v) is 12.9. The van der Waals surface area contributed by atoms with Gasteiger partial charge in [-0.25, -0.2) is 0 Å². The van der Waals surface area contributed by atoms with E-state index in [1.165, 1.54) is 32.1 Å². The summed E-state index contributed by atoms with van der Waals surface area (Å²) in [5.41, 5.74) is 7.32. The van der Waals surface area contributed by atoms with Crippen molar-refractivity contribution in [1.82, 2.24) is 0 Å². The van der Waals surface area contributed by atoms with E-state index >= 15 is 0 Å². The van der Waals surface area contributed by atoms with Crippen LogP contribution in [0.25, 0.3) is 0 Å². The number of nitrogens with zero attached hydrogens (tertiary/aromatic N) is 2. The highest BCUT2D eigenvalue weighted by Crippen LogP contribution is 2.39. The summed E-state index contributed by atoms with van der Waals surface area (Å²) in [6, 6.07) is 5.63. The fraction of sp³-hybridized carbons (Fsp3) is 0.562. The summed E-state index contributed by atoms with van der Waals surface area (Å²) in [6.45, 7) is 2.18. The molecule has 2 atom stereocenters. The minimum absolute atomic E-state index is 0.0921. The lowest BCUT2D eigenvalue weighted by atomic mass is 9.75. The molecule has 21 heavy (non-hydrogen) atoms. The van der Waals surface area contributed by atoms with Crippen molar-refractivity contribution in [2.75, 3.05) is 18.0 Å². The van der Waals surface area contributed by atoms with Crippen LogP contribution in [0.2, 0.25) is 5.02 Å². The van der Waals surface area contributed by atoms with Crippen molar-refractivity contribution in [2.24, 2.45) is 22.7 Å². The van der Waals surface area contributed by atoms with Crippen molar-refractivity contribution in [2.45, 2.75) is 32.1 Å². The minimum atomic E-state index is 0.0921. The van der Waals surface area contributed by atoms with Gasteiger partial charge in [-0.05, 0) is 42.9 Å². The van der Waals surface area contributed by atoms with Gasteiger partial charge in [-0.15, -0.1) is 0 Å². The molecule has 2 aliphatic rings. The van der Waals surface area contributed by atoms with E-state index in [2.05, 4.69) is 10.1 Å². The largest absolute Gasteiger partial charge is 0.409 e. The van der Waals surface area contributed by atoms with Crippen LogP contribution in [0.4, 0.5) is 5.69 Å². The summed E-state index contributed by atoms with van der Waals surface area (Å²) < 4.78 is 0. The average Bonchev–Trinajstić information content (AvgIpc) is 2.53. The van der Waals surface area contributed by atoms with Crippen molar-refractivity contribution >= 4 is 23.1 Å². The Morgan fingerprint density at radius 2 is 2.00 bits per heavy atom. The van der Waals surface area contributed by atoms with Crippen molar-refractivity contribution in [1.29, 1.82) is 0 Å². The first-order chi connectivity index (χ1) is 10.2. The van der Waals surface area contributed by atoms with Gasteiger partial charge in [0.15, 0.2) is 5.84 Å². The molecule has 0 aromatic heterocycles. The summed E-state index contributed by atoms with van der Waals surface area (Å²) in [5, 5.41) is 12.4. The molecule has 5 heteroatoms. The maximum atomic E-state index is 8.74. The monoisotopic (exact) mass is 307 g/mol. The number of fused-ring (bicyclic) bond motifs is 1. The van der Waals surface area contributed by atoms with Crippen LogP contribution < -0.4 is 10.6 Å². The predicted octanol–water partition coefficient (Wildman–Crippen LogP) is 3.45. The Morgan fingerprint density at radius 1 is 1.24 bits per heavy atom. The van der Waals surface area contributed by atoms with Gasteiger partial charge in [-0.2, -0.15) is 0 Å². The predicted molar refractivity (Wildman–Crippen MR) is 86.2 cm³/mol. The van der Waals surface area contributed by atoms with Crippen LogP contribution in [0.15, 0.2) is 23.4 Å². The Morgan fingerprint density at radius 3 is 2.71 bits per heavy atom. The second kappa shape index (κ2) is 6.14. The third kappa shape index (κ3) is 2.95. The van der Waals surface area contributed by atoms with Gasteiger partial charge in [0.1, 0.15) is 0 Å². The third-order valence-electron chi connectivity index (χ3n) is 4.98. The second-order valence-electron chi connectivity index (χ2n) is 6.19. The Balaban J connectivity index is 1.78. The van der Waals surface area contributed by atoms with Crippen LogP contribution in [0.3, 0.4) is 0 Å². The average molecular weight is 308 g/mol. The van der Waals surface area contributed by atoms with Crippen LogP contribution in [0.1, 0.15) is 37.7 Å². The fourth-order valence-electron chi connectivity index (χ4n) is 3.80. The van der Waals surface area contributed by atoms with Gasteiger partial charge in [-0.3, -0.25) is 0 Å². The molecule has 0 spiro atoms. The third-order valence-corrected chi connectivity index (χ3v) is 5.29.